The van der Waals surface area contributed by atoms with E-state index in [1.807, 2.05) is 0 Å². The third-order valence-corrected chi connectivity index (χ3v) is 8.58. The summed E-state index contributed by atoms with van der Waals surface area (Å²) in [5, 5.41) is 0. The molecule has 0 heterocycles. The standard InChI is InChI=1S/C37H44/c1-22-11-34(19-32-17-26(5)24(3)15-28(32)7)30(9)36(13-22)21-37-14-23(2)12-35(31(37)10)20-33-18-27(6)25(4)16-29(33)8/h11-18H,19-21H2,1-10H3. The molecular weight excluding hydrogens is 444 g/mol. The minimum absolute atomic E-state index is 0.985. The monoisotopic (exact) mass is 488 g/mol. The largest absolute Gasteiger partial charge is 0.0558 e. The van der Waals surface area contributed by atoms with Gasteiger partial charge in [0.25, 0.3) is 0 Å². The van der Waals surface area contributed by atoms with Gasteiger partial charge < -0.3 is 0 Å². The fourth-order valence-corrected chi connectivity index (χ4v) is 5.80. The molecule has 4 rings (SSSR count). The molecule has 0 unspecified atom stereocenters. The van der Waals surface area contributed by atoms with Gasteiger partial charge in [-0.1, -0.05) is 59.7 Å². The quantitative estimate of drug-likeness (QED) is 0.253. The number of rotatable bonds is 6. The summed E-state index contributed by atoms with van der Waals surface area (Å²) in [6, 6.07) is 19.0. The predicted octanol–water partition coefficient (Wildman–Crippen LogP) is 9.54. The smallest absolute Gasteiger partial charge is 0.00201 e. The van der Waals surface area contributed by atoms with E-state index in [2.05, 4.69) is 118 Å². The summed E-state index contributed by atoms with van der Waals surface area (Å²) in [6.45, 7) is 22.5. The Hall–Kier alpha value is -3.12. The van der Waals surface area contributed by atoms with Crippen LogP contribution >= 0.6 is 0 Å². The lowest BCUT2D eigenvalue weighted by molar-refractivity contribution is 1.03. The van der Waals surface area contributed by atoms with Gasteiger partial charge in [0, 0.05) is 0 Å². The van der Waals surface area contributed by atoms with Crippen molar-refractivity contribution >= 4 is 0 Å². The van der Waals surface area contributed by atoms with Gasteiger partial charge in [-0.3, -0.25) is 0 Å². The number of benzene rings is 4. The van der Waals surface area contributed by atoms with Crippen LogP contribution < -0.4 is 0 Å². The molecule has 0 spiro atoms. The summed E-state index contributed by atoms with van der Waals surface area (Å²) in [6.07, 6.45) is 2.98. The van der Waals surface area contributed by atoms with Crippen LogP contribution in [0.4, 0.5) is 0 Å². The van der Waals surface area contributed by atoms with Gasteiger partial charge in [0.2, 0.25) is 0 Å². The molecule has 0 amide bonds. The zero-order valence-electron chi connectivity index (χ0n) is 24.7. The van der Waals surface area contributed by atoms with Gasteiger partial charge in [0.1, 0.15) is 0 Å². The second kappa shape index (κ2) is 10.7. The minimum Gasteiger partial charge on any atom is -0.0558 e. The Morgan fingerprint density at radius 2 is 0.568 bits per heavy atom. The van der Waals surface area contributed by atoms with E-state index in [1.165, 1.54) is 89.0 Å². The van der Waals surface area contributed by atoms with E-state index in [1.54, 1.807) is 0 Å². The van der Waals surface area contributed by atoms with Crippen molar-refractivity contribution in [1.29, 1.82) is 0 Å². The zero-order chi connectivity index (χ0) is 27.0. The van der Waals surface area contributed by atoms with Crippen molar-refractivity contribution < 1.29 is 0 Å². The maximum Gasteiger partial charge on any atom is -0.00201 e. The molecule has 0 heteroatoms. The fourth-order valence-electron chi connectivity index (χ4n) is 5.80. The van der Waals surface area contributed by atoms with Crippen LogP contribution in [0.2, 0.25) is 0 Å². The molecule has 0 radical (unpaired) electrons. The molecule has 37 heavy (non-hydrogen) atoms. The lowest BCUT2D eigenvalue weighted by Crippen LogP contribution is -2.04. The molecule has 4 aromatic carbocycles. The van der Waals surface area contributed by atoms with Crippen molar-refractivity contribution in [2.24, 2.45) is 0 Å². The molecule has 0 saturated carbocycles. The van der Waals surface area contributed by atoms with Crippen LogP contribution in [-0.2, 0) is 19.3 Å². The fraction of sp³-hybridized carbons (Fsp3) is 0.351. The molecule has 0 fully saturated rings. The van der Waals surface area contributed by atoms with Gasteiger partial charge in [0.05, 0.1) is 0 Å². The van der Waals surface area contributed by atoms with Crippen LogP contribution in [0, 0.1) is 69.2 Å². The van der Waals surface area contributed by atoms with Crippen molar-refractivity contribution in [3.63, 3.8) is 0 Å². The number of aryl methyl sites for hydroxylation is 8. The zero-order valence-corrected chi connectivity index (χ0v) is 24.7. The van der Waals surface area contributed by atoms with Crippen molar-refractivity contribution in [3.05, 3.63) is 138 Å². The first-order valence-electron chi connectivity index (χ1n) is 13.7. The van der Waals surface area contributed by atoms with E-state index in [0.717, 1.165) is 19.3 Å². The van der Waals surface area contributed by atoms with Gasteiger partial charge in [-0.25, -0.2) is 0 Å². The first kappa shape index (κ1) is 26.9. The van der Waals surface area contributed by atoms with Crippen molar-refractivity contribution in [3.8, 4) is 0 Å². The summed E-state index contributed by atoms with van der Waals surface area (Å²) in [5.41, 5.74) is 22.6. The maximum absolute atomic E-state index is 2.40. The van der Waals surface area contributed by atoms with Crippen molar-refractivity contribution in [2.75, 3.05) is 0 Å². The third-order valence-electron chi connectivity index (χ3n) is 8.58. The molecule has 0 aromatic heterocycles. The van der Waals surface area contributed by atoms with E-state index in [4.69, 9.17) is 0 Å². The third kappa shape index (κ3) is 5.90. The number of hydrogen-bond donors (Lipinski definition) is 0. The van der Waals surface area contributed by atoms with Crippen LogP contribution in [0.3, 0.4) is 0 Å². The second-order valence-electron chi connectivity index (χ2n) is 11.7. The highest BCUT2D eigenvalue weighted by molar-refractivity contribution is 5.49. The Morgan fingerprint density at radius 1 is 0.297 bits per heavy atom. The van der Waals surface area contributed by atoms with E-state index in [-0.39, 0.29) is 0 Å². The maximum atomic E-state index is 2.40. The molecule has 0 aliphatic carbocycles. The van der Waals surface area contributed by atoms with E-state index < -0.39 is 0 Å². The SMILES string of the molecule is Cc1cc(Cc2cc(C)c(C)cc2C)c(C)c(Cc2cc(C)cc(Cc3cc(C)c(C)cc3C)c2C)c1. The molecule has 0 nitrogen and oxygen atoms in total. The summed E-state index contributed by atoms with van der Waals surface area (Å²) in [5.74, 6) is 0. The average Bonchev–Trinajstić information content (AvgIpc) is 2.81. The van der Waals surface area contributed by atoms with Crippen molar-refractivity contribution in [2.45, 2.75) is 88.5 Å². The first-order chi connectivity index (χ1) is 17.4. The number of hydrogen-bond acceptors (Lipinski definition) is 0. The van der Waals surface area contributed by atoms with Crippen LogP contribution in [0.5, 0.6) is 0 Å². The highest BCUT2D eigenvalue weighted by atomic mass is 14.2. The molecule has 0 aliphatic heterocycles. The molecule has 0 saturated heterocycles. The average molecular weight is 489 g/mol. The lowest BCUT2D eigenvalue weighted by atomic mass is 9.86. The molecular formula is C37H44. The highest BCUT2D eigenvalue weighted by Crippen LogP contribution is 2.28. The van der Waals surface area contributed by atoms with E-state index in [0.29, 0.717) is 0 Å². The van der Waals surface area contributed by atoms with Gasteiger partial charge in [0.15, 0.2) is 0 Å². The molecule has 0 bridgehead atoms. The Balaban J connectivity index is 1.69. The summed E-state index contributed by atoms with van der Waals surface area (Å²) in [7, 11) is 0. The van der Waals surface area contributed by atoms with Crippen molar-refractivity contribution in [1.82, 2.24) is 0 Å². The first-order valence-corrected chi connectivity index (χ1v) is 13.7. The van der Waals surface area contributed by atoms with Crippen LogP contribution in [-0.4, -0.2) is 0 Å². The Kier molecular flexibility index (Phi) is 7.79. The topological polar surface area (TPSA) is 0 Å². The lowest BCUT2D eigenvalue weighted by Gasteiger charge is -2.19. The van der Waals surface area contributed by atoms with E-state index >= 15 is 0 Å². The van der Waals surface area contributed by atoms with Gasteiger partial charge >= 0.3 is 0 Å². The van der Waals surface area contributed by atoms with Crippen LogP contribution in [0.1, 0.15) is 89.0 Å². The Labute approximate surface area is 225 Å². The molecule has 4 aromatic rings. The minimum atomic E-state index is 0.985. The van der Waals surface area contributed by atoms with Gasteiger partial charge in [-0.05, 0) is 166 Å². The Morgan fingerprint density at radius 3 is 0.892 bits per heavy atom. The predicted molar refractivity (Wildman–Crippen MR) is 162 cm³/mol. The molecule has 0 N–H and O–H groups in total. The van der Waals surface area contributed by atoms with Gasteiger partial charge in [-0.2, -0.15) is 0 Å². The van der Waals surface area contributed by atoms with E-state index in [9.17, 15) is 0 Å². The molecule has 0 atom stereocenters. The normalized spacial score (nSPS) is 11.3. The summed E-state index contributed by atoms with van der Waals surface area (Å²) < 4.78 is 0. The van der Waals surface area contributed by atoms with Crippen LogP contribution in [0.15, 0.2) is 48.5 Å². The summed E-state index contributed by atoms with van der Waals surface area (Å²) in [4.78, 5) is 0. The molecule has 192 valence electrons. The van der Waals surface area contributed by atoms with Crippen LogP contribution in [0.25, 0.3) is 0 Å². The highest BCUT2D eigenvalue weighted by Gasteiger charge is 2.14. The Bertz CT molecular complexity index is 1370. The molecule has 0 aliphatic rings. The van der Waals surface area contributed by atoms with Gasteiger partial charge in [-0.15, -0.1) is 0 Å². The second-order valence-corrected chi connectivity index (χ2v) is 11.7. The summed E-state index contributed by atoms with van der Waals surface area (Å²) >= 11 is 0.